The number of carboxylic acids is 1. The Kier molecular flexibility index (Phi) is 3.41. The van der Waals surface area contributed by atoms with Crippen molar-refractivity contribution in [1.29, 1.82) is 0 Å². The normalized spacial score (nSPS) is 26.9. The number of hydrogen-bond acceptors (Lipinski definition) is 4. The second kappa shape index (κ2) is 4.99. The van der Waals surface area contributed by atoms with Crippen LogP contribution in [0.3, 0.4) is 0 Å². The molecule has 3 rings (SSSR count). The molecule has 0 bridgehead atoms. The first kappa shape index (κ1) is 14.3. The van der Waals surface area contributed by atoms with Gasteiger partial charge in [0.25, 0.3) is 0 Å². The van der Waals surface area contributed by atoms with Crippen LogP contribution in [0.15, 0.2) is 24.3 Å². The topological polar surface area (TPSA) is 94.9 Å². The zero-order valence-corrected chi connectivity index (χ0v) is 12.2. The molecule has 0 spiro atoms. The zero-order chi connectivity index (χ0) is 15.2. The minimum absolute atomic E-state index is 0.0275. The quantitative estimate of drug-likeness (QED) is 0.864. The van der Waals surface area contributed by atoms with Crippen molar-refractivity contribution in [2.45, 2.75) is 24.0 Å². The van der Waals surface area contributed by atoms with Gasteiger partial charge in [0.15, 0.2) is 0 Å². The molecule has 2 aliphatic rings. The van der Waals surface area contributed by atoms with Gasteiger partial charge < -0.3 is 10.2 Å². The molecular formula is C14H17NO5S. The van der Waals surface area contributed by atoms with Crippen molar-refractivity contribution in [2.75, 3.05) is 13.1 Å². The van der Waals surface area contributed by atoms with Crippen LogP contribution in [0.5, 0.6) is 5.75 Å². The first-order valence-corrected chi connectivity index (χ1v) is 8.40. The molecule has 0 aromatic heterocycles. The number of rotatable bonds is 4. The lowest BCUT2D eigenvalue weighted by molar-refractivity contribution is -0.141. The van der Waals surface area contributed by atoms with Gasteiger partial charge in [-0.1, -0.05) is 12.1 Å². The summed E-state index contributed by atoms with van der Waals surface area (Å²) in [5, 5.41) is 18.4. The number of phenolic OH excluding ortho intramolecular Hbond substituents is 1. The highest BCUT2D eigenvalue weighted by molar-refractivity contribution is 7.90. The minimum atomic E-state index is -3.36. The number of sulfonamides is 1. The highest BCUT2D eigenvalue weighted by Crippen LogP contribution is 2.39. The number of benzene rings is 1. The zero-order valence-electron chi connectivity index (χ0n) is 11.3. The molecule has 114 valence electrons. The summed E-state index contributed by atoms with van der Waals surface area (Å²) in [4.78, 5) is 11.4. The van der Waals surface area contributed by atoms with Crippen LogP contribution in [0.25, 0.3) is 0 Å². The number of phenols is 1. The number of aliphatic carboxylic acids is 1. The molecule has 0 unspecified atom stereocenters. The van der Waals surface area contributed by atoms with E-state index >= 15 is 0 Å². The van der Waals surface area contributed by atoms with Gasteiger partial charge in [-0.3, -0.25) is 4.79 Å². The van der Waals surface area contributed by atoms with E-state index in [1.807, 2.05) is 0 Å². The molecule has 1 aromatic rings. The summed E-state index contributed by atoms with van der Waals surface area (Å²) >= 11 is 0. The number of hydrogen-bond donors (Lipinski definition) is 2. The lowest BCUT2D eigenvalue weighted by Crippen LogP contribution is -2.32. The molecule has 1 saturated heterocycles. The van der Waals surface area contributed by atoms with E-state index in [9.17, 15) is 23.4 Å². The molecule has 21 heavy (non-hydrogen) atoms. The van der Waals surface area contributed by atoms with Crippen LogP contribution in [-0.4, -0.2) is 47.2 Å². The monoisotopic (exact) mass is 311 g/mol. The number of nitrogens with zero attached hydrogens (tertiary/aromatic N) is 1. The van der Waals surface area contributed by atoms with Crippen LogP contribution in [0, 0.1) is 5.92 Å². The van der Waals surface area contributed by atoms with Crippen LogP contribution in [0.4, 0.5) is 0 Å². The van der Waals surface area contributed by atoms with E-state index in [1.165, 1.54) is 16.4 Å². The van der Waals surface area contributed by atoms with Gasteiger partial charge >= 0.3 is 5.97 Å². The Morgan fingerprint density at radius 2 is 1.76 bits per heavy atom. The second-order valence-corrected chi connectivity index (χ2v) is 7.92. The predicted octanol–water partition coefficient (Wildman–Crippen LogP) is 0.984. The van der Waals surface area contributed by atoms with Crippen LogP contribution in [0.2, 0.25) is 0 Å². The molecule has 6 nitrogen and oxygen atoms in total. The van der Waals surface area contributed by atoms with Gasteiger partial charge in [-0.2, -0.15) is 0 Å². The van der Waals surface area contributed by atoms with E-state index in [4.69, 9.17) is 0 Å². The van der Waals surface area contributed by atoms with E-state index in [0.717, 1.165) is 5.56 Å². The van der Waals surface area contributed by atoms with Crippen LogP contribution >= 0.6 is 0 Å². The second-order valence-electron chi connectivity index (χ2n) is 5.70. The Morgan fingerprint density at radius 1 is 1.14 bits per heavy atom. The predicted molar refractivity (Wildman–Crippen MR) is 75.5 cm³/mol. The van der Waals surface area contributed by atoms with Gasteiger partial charge in [-0.25, -0.2) is 12.7 Å². The average Bonchev–Trinajstić information content (AvgIpc) is 3.19. The molecule has 2 atom stereocenters. The molecule has 0 radical (unpaired) electrons. The van der Waals surface area contributed by atoms with Crippen molar-refractivity contribution in [2.24, 2.45) is 5.92 Å². The standard InChI is InChI=1S/C14H17NO5S/c16-10-3-1-9(2-4-10)12-7-15(8-13(12)14(17)18)21(19,20)11-5-6-11/h1-4,11-13,16H,5-8H2,(H,17,18)/t12-,13+/m0/s1. The minimum Gasteiger partial charge on any atom is -0.508 e. The molecule has 7 heteroatoms. The molecule has 1 saturated carbocycles. The Bertz CT molecular complexity index is 650. The fourth-order valence-corrected chi connectivity index (χ4v) is 4.75. The van der Waals surface area contributed by atoms with E-state index < -0.39 is 21.9 Å². The SMILES string of the molecule is O=C(O)[C@@H]1CN(S(=O)(=O)C2CC2)C[C@H]1c1ccc(O)cc1. The Balaban J connectivity index is 1.88. The first-order chi connectivity index (χ1) is 9.89. The maximum Gasteiger partial charge on any atom is 0.308 e. The third-order valence-electron chi connectivity index (χ3n) is 4.23. The fraction of sp³-hybridized carbons (Fsp3) is 0.500. The Labute approximate surface area is 123 Å². The maximum atomic E-state index is 12.3. The molecule has 1 aliphatic heterocycles. The summed E-state index contributed by atoms with van der Waals surface area (Å²) in [6, 6.07) is 6.30. The average molecular weight is 311 g/mol. The first-order valence-electron chi connectivity index (χ1n) is 6.90. The summed E-state index contributed by atoms with van der Waals surface area (Å²) in [5.41, 5.74) is 0.744. The van der Waals surface area contributed by atoms with Gasteiger partial charge in [0.05, 0.1) is 11.2 Å². The van der Waals surface area contributed by atoms with Crippen LogP contribution < -0.4 is 0 Å². The van der Waals surface area contributed by atoms with Crippen LogP contribution in [0.1, 0.15) is 24.3 Å². The third kappa shape index (κ3) is 2.63. The van der Waals surface area contributed by atoms with Crippen molar-refractivity contribution in [3.8, 4) is 5.75 Å². The molecular weight excluding hydrogens is 294 g/mol. The molecule has 2 fully saturated rings. The maximum absolute atomic E-state index is 12.3. The van der Waals surface area contributed by atoms with Crippen molar-refractivity contribution in [3.05, 3.63) is 29.8 Å². The van der Waals surface area contributed by atoms with E-state index in [2.05, 4.69) is 0 Å². The number of aromatic hydroxyl groups is 1. The smallest absolute Gasteiger partial charge is 0.308 e. The van der Waals surface area contributed by atoms with Gasteiger partial charge in [0, 0.05) is 19.0 Å². The van der Waals surface area contributed by atoms with Crippen molar-refractivity contribution < 1.29 is 23.4 Å². The molecule has 1 aromatic carbocycles. The van der Waals surface area contributed by atoms with Crippen LogP contribution in [-0.2, 0) is 14.8 Å². The summed E-state index contributed by atoms with van der Waals surface area (Å²) < 4.78 is 25.9. The van der Waals surface area contributed by atoms with Gasteiger partial charge in [-0.05, 0) is 30.5 Å². The van der Waals surface area contributed by atoms with Gasteiger partial charge in [0.2, 0.25) is 10.0 Å². The molecule has 2 N–H and O–H groups in total. The Hall–Kier alpha value is -1.60. The Morgan fingerprint density at radius 3 is 2.29 bits per heavy atom. The molecule has 0 amide bonds. The number of carboxylic acid groups (broad SMARTS) is 1. The molecule has 1 heterocycles. The summed E-state index contributed by atoms with van der Waals surface area (Å²) in [7, 11) is -3.36. The lowest BCUT2D eigenvalue weighted by Gasteiger charge is -2.16. The lowest BCUT2D eigenvalue weighted by atomic mass is 9.89. The third-order valence-corrected chi connectivity index (χ3v) is 6.56. The van der Waals surface area contributed by atoms with Gasteiger partial charge in [-0.15, -0.1) is 0 Å². The highest BCUT2D eigenvalue weighted by atomic mass is 32.2. The van der Waals surface area contributed by atoms with Crippen molar-refractivity contribution in [3.63, 3.8) is 0 Å². The largest absolute Gasteiger partial charge is 0.508 e. The summed E-state index contributed by atoms with van der Waals surface area (Å²) in [6.45, 7) is 0.223. The van der Waals surface area contributed by atoms with Gasteiger partial charge in [0.1, 0.15) is 5.75 Å². The van der Waals surface area contributed by atoms with E-state index in [0.29, 0.717) is 12.8 Å². The van der Waals surface area contributed by atoms with Crippen molar-refractivity contribution in [1.82, 2.24) is 4.31 Å². The summed E-state index contributed by atoms with van der Waals surface area (Å²) in [5.74, 6) is -2.01. The van der Waals surface area contributed by atoms with Crippen molar-refractivity contribution >= 4 is 16.0 Å². The number of carbonyl (C=O) groups is 1. The summed E-state index contributed by atoms with van der Waals surface area (Å²) in [6.07, 6.45) is 1.33. The van der Waals surface area contributed by atoms with E-state index in [-0.39, 0.29) is 30.0 Å². The van der Waals surface area contributed by atoms with E-state index in [1.54, 1.807) is 12.1 Å². The highest BCUT2D eigenvalue weighted by Gasteiger charge is 2.48. The fourth-order valence-electron chi connectivity index (χ4n) is 2.86. The molecule has 1 aliphatic carbocycles.